The van der Waals surface area contributed by atoms with Gasteiger partial charge in [0.15, 0.2) is 5.79 Å². The SMILES string of the molecule is Cc1cc(C2CCCC(COCc3ccccc3)(OCc3ccccc3)O2)ccc1Cl. The molecule has 1 fully saturated rings. The van der Waals surface area contributed by atoms with E-state index in [0.717, 1.165) is 46.5 Å². The van der Waals surface area contributed by atoms with Gasteiger partial charge >= 0.3 is 0 Å². The molecule has 2 atom stereocenters. The monoisotopic (exact) mass is 436 g/mol. The molecule has 1 saturated heterocycles. The highest BCUT2D eigenvalue weighted by molar-refractivity contribution is 6.31. The van der Waals surface area contributed by atoms with E-state index in [2.05, 4.69) is 36.4 Å². The quantitative estimate of drug-likeness (QED) is 0.379. The van der Waals surface area contributed by atoms with E-state index in [0.29, 0.717) is 19.8 Å². The Bertz CT molecular complexity index is 961. The van der Waals surface area contributed by atoms with Crippen LogP contribution in [0.5, 0.6) is 0 Å². The smallest absolute Gasteiger partial charge is 0.192 e. The molecule has 31 heavy (non-hydrogen) atoms. The first-order valence-electron chi connectivity index (χ1n) is 10.9. The summed E-state index contributed by atoms with van der Waals surface area (Å²) in [6.45, 7) is 3.43. The van der Waals surface area contributed by atoms with Gasteiger partial charge in [-0.05, 0) is 48.1 Å². The van der Waals surface area contributed by atoms with E-state index in [-0.39, 0.29) is 6.10 Å². The number of rotatable bonds is 8. The zero-order chi connectivity index (χ0) is 21.5. The summed E-state index contributed by atoms with van der Waals surface area (Å²) in [5.41, 5.74) is 4.46. The maximum absolute atomic E-state index is 6.62. The van der Waals surface area contributed by atoms with Gasteiger partial charge in [0.1, 0.15) is 6.61 Å². The Morgan fingerprint density at radius 2 is 1.61 bits per heavy atom. The van der Waals surface area contributed by atoms with Crippen LogP contribution < -0.4 is 0 Å². The minimum absolute atomic E-state index is 0.0409. The molecule has 1 aliphatic heterocycles. The van der Waals surface area contributed by atoms with Gasteiger partial charge < -0.3 is 14.2 Å². The van der Waals surface area contributed by atoms with Crippen molar-refractivity contribution in [3.05, 3.63) is 106 Å². The first kappa shape index (κ1) is 22.0. The van der Waals surface area contributed by atoms with Crippen LogP contribution in [-0.2, 0) is 27.4 Å². The number of aryl methyl sites for hydroxylation is 1. The third-order valence-electron chi connectivity index (χ3n) is 5.71. The second-order valence-electron chi connectivity index (χ2n) is 8.17. The molecule has 4 rings (SSSR count). The first-order valence-corrected chi connectivity index (χ1v) is 11.2. The predicted molar refractivity (Wildman–Crippen MR) is 124 cm³/mol. The fourth-order valence-electron chi connectivity index (χ4n) is 3.98. The van der Waals surface area contributed by atoms with Crippen LogP contribution in [0.3, 0.4) is 0 Å². The van der Waals surface area contributed by atoms with Gasteiger partial charge in [0, 0.05) is 11.4 Å². The number of hydrogen-bond donors (Lipinski definition) is 0. The normalized spacial score (nSPS) is 21.2. The Hall–Kier alpha value is -2.17. The van der Waals surface area contributed by atoms with Gasteiger partial charge in [0.2, 0.25) is 0 Å². The zero-order valence-electron chi connectivity index (χ0n) is 17.9. The first-order chi connectivity index (χ1) is 15.1. The molecule has 0 spiro atoms. The van der Waals surface area contributed by atoms with E-state index >= 15 is 0 Å². The lowest BCUT2D eigenvalue weighted by Gasteiger charge is -2.41. The number of hydrogen-bond acceptors (Lipinski definition) is 3. The van der Waals surface area contributed by atoms with Crippen LogP contribution >= 0.6 is 11.6 Å². The second-order valence-corrected chi connectivity index (χ2v) is 8.58. The lowest BCUT2D eigenvalue weighted by atomic mass is 9.95. The lowest BCUT2D eigenvalue weighted by Crippen LogP contribution is -2.44. The minimum atomic E-state index is -0.777. The highest BCUT2D eigenvalue weighted by Gasteiger charge is 2.39. The molecule has 3 nitrogen and oxygen atoms in total. The van der Waals surface area contributed by atoms with E-state index in [1.165, 1.54) is 0 Å². The van der Waals surface area contributed by atoms with E-state index in [1.54, 1.807) is 0 Å². The fourth-order valence-corrected chi connectivity index (χ4v) is 4.10. The highest BCUT2D eigenvalue weighted by atomic mass is 35.5. The van der Waals surface area contributed by atoms with Gasteiger partial charge in [-0.2, -0.15) is 0 Å². The number of benzene rings is 3. The van der Waals surface area contributed by atoms with Gasteiger partial charge in [-0.3, -0.25) is 0 Å². The fraction of sp³-hybridized carbons (Fsp3) is 0.333. The molecule has 0 N–H and O–H groups in total. The third-order valence-corrected chi connectivity index (χ3v) is 6.14. The Labute approximate surface area is 189 Å². The Kier molecular flexibility index (Phi) is 7.41. The summed E-state index contributed by atoms with van der Waals surface area (Å²) in [5.74, 6) is -0.777. The van der Waals surface area contributed by atoms with Crippen molar-refractivity contribution in [2.24, 2.45) is 0 Å². The summed E-state index contributed by atoms with van der Waals surface area (Å²) in [4.78, 5) is 0. The Balaban J connectivity index is 1.49. The average Bonchev–Trinajstić information content (AvgIpc) is 2.81. The summed E-state index contributed by atoms with van der Waals surface area (Å²) in [6.07, 6.45) is 2.73. The predicted octanol–water partition coefficient (Wildman–Crippen LogP) is 7.02. The third kappa shape index (κ3) is 5.96. The number of halogens is 1. The average molecular weight is 437 g/mol. The van der Waals surface area contributed by atoms with Gasteiger partial charge in [-0.1, -0.05) is 84.4 Å². The summed E-state index contributed by atoms with van der Waals surface area (Å²) >= 11 is 6.23. The molecule has 0 radical (unpaired) electrons. The maximum atomic E-state index is 6.62. The van der Waals surface area contributed by atoms with Gasteiger partial charge in [-0.15, -0.1) is 0 Å². The molecule has 3 aromatic rings. The zero-order valence-corrected chi connectivity index (χ0v) is 18.7. The van der Waals surface area contributed by atoms with Crippen LogP contribution in [0, 0.1) is 6.92 Å². The van der Waals surface area contributed by atoms with Crippen molar-refractivity contribution >= 4 is 11.6 Å². The molecule has 0 bridgehead atoms. The molecule has 3 aromatic carbocycles. The highest BCUT2D eigenvalue weighted by Crippen LogP contribution is 2.39. The number of ether oxygens (including phenoxy) is 3. The second kappa shape index (κ2) is 10.4. The van der Waals surface area contributed by atoms with Gasteiger partial charge in [0.05, 0.1) is 19.3 Å². The van der Waals surface area contributed by atoms with Crippen molar-refractivity contribution in [3.8, 4) is 0 Å². The molecule has 162 valence electrons. The van der Waals surface area contributed by atoms with E-state index < -0.39 is 5.79 Å². The van der Waals surface area contributed by atoms with Crippen molar-refractivity contribution in [3.63, 3.8) is 0 Å². The van der Waals surface area contributed by atoms with E-state index in [9.17, 15) is 0 Å². The van der Waals surface area contributed by atoms with Crippen molar-refractivity contribution in [2.45, 2.75) is 51.3 Å². The van der Waals surface area contributed by atoms with Crippen molar-refractivity contribution in [2.75, 3.05) is 6.61 Å². The van der Waals surface area contributed by atoms with Crippen LogP contribution in [-0.4, -0.2) is 12.4 Å². The minimum Gasteiger partial charge on any atom is -0.371 e. The largest absolute Gasteiger partial charge is 0.371 e. The molecule has 0 aromatic heterocycles. The lowest BCUT2D eigenvalue weighted by molar-refractivity contribution is -0.307. The Morgan fingerprint density at radius 1 is 0.935 bits per heavy atom. The molecule has 0 aliphatic carbocycles. The van der Waals surface area contributed by atoms with Gasteiger partial charge in [0.25, 0.3) is 0 Å². The summed E-state index contributed by atoms with van der Waals surface area (Å²) in [5, 5.41) is 0.775. The van der Waals surface area contributed by atoms with Crippen LogP contribution in [0.1, 0.15) is 47.6 Å². The summed E-state index contributed by atoms with van der Waals surface area (Å²) in [7, 11) is 0. The van der Waals surface area contributed by atoms with E-state index in [4.69, 9.17) is 25.8 Å². The van der Waals surface area contributed by atoms with Crippen molar-refractivity contribution in [1.29, 1.82) is 0 Å². The molecular formula is C27H29ClO3. The molecule has 1 heterocycles. The maximum Gasteiger partial charge on any atom is 0.192 e. The van der Waals surface area contributed by atoms with Crippen LogP contribution in [0.15, 0.2) is 78.9 Å². The van der Waals surface area contributed by atoms with Crippen LogP contribution in [0.2, 0.25) is 5.02 Å². The van der Waals surface area contributed by atoms with Crippen molar-refractivity contribution < 1.29 is 14.2 Å². The van der Waals surface area contributed by atoms with Gasteiger partial charge in [-0.25, -0.2) is 0 Å². The molecule has 4 heteroatoms. The Morgan fingerprint density at radius 3 is 2.29 bits per heavy atom. The summed E-state index contributed by atoms with van der Waals surface area (Å²) < 4.78 is 19.2. The summed E-state index contributed by atoms with van der Waals surface area (Å²) in [6, 6.07) is 26.5. The molecule has 0 saturated carbocycles. The topological polar surface area (TPSA) is 27.7 Å². The molecular weight excluding hydrogens is 408 g/mol. The van der Waals surface area contributed by atoms with Crippen molar-refractivity contribution in [1.82, 2.24) is 0 Å². The van der Waals surface area contributed by atoms with E-state index in [1.807, 2.05) is 49.4 Å². The van der Waals surface area contributed by atoms with Crippen LogP contribution in [0.25, 0.3) is 0 Å². The standard InChI is InChI=1S/C27H29ClO3/c1-21-17-24(14-15-25(21)28)26-13-8-16-27(31-26,30-19-23-11-6-3-7-12-23)20-29-18-22-9-4-2-5-10-22/h2-7,9-12,14-15,17,26H,8,13,16,18-20H2,1H3. The molecule has 1 aliphatic rings. The van der Waals surface area contributed by atoms with Crippen LogP contribution in [0.4, 0.5) is 0 Å². The molecule has 0 amide bonds. The molecule has 2 unspecified atom stereocenters.